The van der Waals surface area contributed by atoms with Crippen molar-refractivity contribution in [2.45, 2.75) is 26.2 Å². The van der Waals surface area contributed by atoms with Gasteiger partial charge in [-0.3, -0.25) is 0 Å². The Labute approximate surface area is 153 Å². The number of ether oxygens (including phenoxy) is 1. The van der Waals surface area contributed by atoms with Gasteiger partial charge in [-0.15, -0.1) is 0 Å². The molecule has 1 heterocycles. The summed E-state index contributed by atoms with van der Waals surface area (Å²) in [5.41, 5.74) is 7.07. The zero-order valence-corrected chi connectivity index (χ0v) is 15.5. The molecule has 0 saturated heterocycles. The maximum Gasteiger partial charge on any atom is 0.338 e. The molecule has 0 saturated carbocycles. The molecule has 2 aromatic carbocycles. The Bertz CT molecular complexity index is 1060. The molecule has 0 atom stereocenters. The van der Waals surface area contributed by atoms with Crippen LogP contribution in [-0.2, 0) is 17.2 Å². The highest BCUT2D eigenvalue weighted by molar-refractivity contribution is 5.99. The van der Waals surface area contributed by atoms with Crippen LogP contribution in [0.5, 0.6) is 0 Å². The van der Waals surface area contributed by atoms with Crippen molar-refractivity contribution >= 4 is 22.6 Å². The molecule has 1 aromatic heterocycles. The van der Waals surface area contributed by atoms with Crippen LogP contribution in [0.2, 0.25) is 0 Å². The van der Waals surface area contributed by atoms with Crippen molar-refractivity contribution in [3.05, 3.63) is 71.1 Å². The number of hydrogen-bond donors (Lipinski definition) is 0. The van der Waals surface area contributed by atoms with Crippen molar-refractivity contribution in [1.82, 2.24) is 9.55 Å². The van der Waals surface area contributed by atoms with Gasteiger partial charge >= 0.3 is 5.97 Å². The van der Waals surface area contributed by atoms with Gasteiger partial charge in [-0.25, -0.2) is 9.78 Å². The Balaban J connectivity index is 1.91. The summed E-state index contributed by atoms with van der Waals surface area (Å²) in [7, 11) is 2.00. The van der Waals surface area contributed by atoms with Gasteiger partial charge in [0.1, 0.15) is 0 Å². The van der Waals surface area contributed by atoms with Gasteiger partial charge in [0.25, 0.3) is 0 Å². The van der Waals surface area contributed by atoms with Crippen LogP contribution in [0.3, 0.4) is 0 Å². The van der Waals surface area contributed by atoms with Crippen molar-refractivity contribution in [1.29, 1.82) is 0 Å². The van der Waals surface area contributed by atoms with Crippen LogP contribution in [0.4, 0.5) is 0 Å². The zero-order chi connectivity index (χ0) is 18.5. The van der Waals surface area contributed by atoms with Crippen molar-refractivity contribution in [2.24, 2.45) is 7.05 Å². The first-order valence-corrected chi connectivity index (χ1v) is 8.87. The lowest BCUT2D eigenvalue weighted by molar-refractivity contribution is 0.0526. The molecule has 132 valence electrons. The van der Waals surface area contributed by atoms with Crippen LogP contribution in [0.25, 0.3) is 16.6 Å². The maximum atomic E-state index is 12.2. The normalized spacial score (nSPS) is 15.0. The number of esters is 1. The number of carbonyl (C=O) groups is 1. The molecule has 0 unspecified atom stereocenters. The Kier molecular flexibility index (Phi) is 3.72. The molecule has 26 heavy (non-hydrogen) atoms. The predicted octanol–water partition coefficient (Wildman–Crippen LogP) is 4.47. The van der Waals surface area contributed by atoms with E-state index in [1.54, 1.807) is 0 Å². The third-order valence-corrected chi connectivity index (χ3v) is 5.07. The molecular weight excluding hydrogens is 324 g/mol. The SMILES string of the molecule is CCOC(=O)c1ccc2c(c1)C(c1cccc3c1ncn3C)=CC2(C)C. The minimum Gasteiger partial charge on any atom is -0.462 e. The first-order valence-electron chi connectivity index (χ1n) is 8.87. The van der Waals surface area contributed by atoms with Crippen LogP contribution in [0.1, 0.15) is 47.8 Å². The van der Waals surface area contributed by atoms with Crippen molar-refractivity contribution in [2.75, 3.05) is 6.61 Å². The summed E-state index contributed by atoms with van der Waals surface area (Å²) >= 11 is 0. The number of fused-ring (bicyclic) bond motifs is 2. The average molecular weight is 346 g/mol. The Morgan fingerprint density at radius 2 is 2.00 bits per heavy atom. The highest BCUT2D eigenvalue weighted by Crippen LogP contribution is 2.44. The van der Waals surface area contributed by atoms with E-state index in [4.69, 9.17) is 4.74 Å². The Morgan fingerprint density at radius 1 is 1.19 bits per heavy atom. The van der Waals surface area contributed by atoms with E-state index < -0.39 is 0 Å². The van der Waals surface area contributed by atoms with Gasteiger partial charge < -0.3 is 9.30 Å². The van der Waals surface area contributed by atoms with Crippen molar-refractivity contribution in [3.8, 4) is 0 Å². The molecule has 1 aliphatic rings. The number of carbonyl (C=O) groups excluding carboxylic acids is 1. The van der Waals surface area contributed by atoms with E-state index in [-0.39, 0.29) is 11.4 Å². The highest BCUT2D eigenvalue weighted by atomic mass is 16.5. The summed E-state index contributed by atoms with van der Waals surface area (Å²) in [4.78, 5) is 16.8. The summed E-state index contributed by atoms with van der Waals surface area (Å²) in [5.74, 6) is -0.282. The Morgan fingerprint density at radius 3 is 2.77 bits per heavy atom. The molecule has 0 N–H and O–H groups in total. The van der Waals surface area contributed by atoms with Crippen LogP contribution in [0.15, 0.2) is 48.8 Å². The van der Waals surface area contributed by atoms with E-state index in [1.807, 2.05) is 43.1 Å². The van der Waals surface area contributed by atoms with Crippen molar-refractivity contribution in [3.63, 3.8) is 0 Å². The van der Waals surface area contributed by atoms with Crippen LogP contribution < -0.4 is 0 Å². The molecule has 3 aromatic rings. The number of para-hydroxylation sites is 1. The summed E-state index contributed by atoms with van der Waals surface area (Å²) < 4.78 is 7.20. The van der Waals surface area contributed by atoms with Gasteiger partial charge in [0, 0.05) is 18.0 Å². The molecule has 1 aliphatic carbocycles. The Hall–Kier alpha value is -2.88. The van der Waals surface area contributed by atoms with E-state index >= 15 is 0 Å². The molecule has 0 radical (unpaired) electrons. The van der Waals surface area contributed by atoms with Gasteiger partial charge in [-0.2, -0.15) is 0 Å². The number of rotatable bonds is 3. The van der Waals surface area contributed by atoms with Gasteiger partial charge in [-0.05, 0) is 41.8 Å². The lowest BCUT2D eigenvalue weighted by atomic mass is 9.86. The van der Waals surface area contributed by atoms with Crippen LogP contribution in [-0.4, -0.2) is 22.1 Å². The quantitative estimate of drug-likeness (QED) is 0.657. The fourth-order valence-corrected chi connectivity index (χ4v) is 3.79. The van der Waals surface area contributed by atoms with E-state index in [0.29, 0.717) is 12.2 Å². The molecule has 0 fully saturated rings. The summed E-state index contributed by atoms with van der Waals surface area (Å²) in [6, 6.07) is 12.1. The monoisotopic (exact) mass is 346 g/mol. The molecule has 0 bridgehead atoms. The molecule has 4 rings (SSSR count). The van der Waals surface area contributed by atoms with E-state index in [0.717, 1.165) is 27.7 Å². The van der Waals surface area contributed by atoms with Gasteiger partial charge in [0.2, 0.25) is 0 Å². The smallest absolute Gasteiger partial charge is 0.338 e. The number of benzene rings is 2. The predicted molar refractivity (Wildman–Crippen MR) is 103 cm³/mol. The number of allylic oxidation sites excluding steroid dienone is 1. The third-order valence-electron chi connectivity index (χ3n) is 5.07. The number of nitrogens with zero attached hydrogens (tertiary/aromatic N) is 2. The first kappa shape index (κ1) is 16.6. The second kappa shape index (κ2) is 5.84. The van der Waals surface area contributed by atoms with Gasteiger partial charge in [0.05, 0.1) is 29.5 Å². The number of aromatic nitrogens is 2. The van der Waals surface area contributed by atoms with Crippen molar-refractivity contribution < 1.29 is 9.53 Å². The maximum absolute atomic E-state index is 12.2. The van der Waals surface area contributed by atoms with Gasteiger partial charge in [0.15, 0.2) is 0 Å². The lowest BCUT2D eigenvalue weighted by Gasteiger charge is -2.17. The second-order valence-electron chi connectivity index (χ2n) is 7.29. The fraction of sp³-hybridized carbons (Fsp3) is 0.273. The topological polar surface area (TPSA) is 44.1 Å². The molecule has 0 aliphatic heterocycles. The minimum absolute atomic E-state index is 0.102. The number of imidazole rings is 1. The van der Waals surface area contributed by atoms with Crippen LogP contribution in [0, 0.1) is 0 Å². The largest absolute Gasteiger partial charge is 0.462 e. The van der Waals surface area contributed by atoms with Crippen LogP contribution >= 0.6 is 0 Å². The average Bonchev–Trinajstić information content (AvgIpc) is 3.13. The minimum atomic E-state index is -0.282. The van der Waals surface area contributed by atoms with E-state index in [1.165, 1.54) is 5.56 Å². The molecular formula is C22H22N2O2. The summed E-state index contributed by atoms with van der Waals surface area (Å²) in [6.07, 6.45) is 4.11. The number of hydrogen-bond acceptors (Lipinski definition) is 3. The van der Waals surface area contributed by atoms with E-state index in [9.17, 15) is 4.79 Å². The summed E-state index contributed by atoms with van der Waals surface area (Å²) in [5, 5.41) is 0. The highest BCUT2D eigenvalue weighted by Gasteiger charge is 2.32. The summed E-state index contributed by atoms with van der Waals surface area (Å²) in [6.45, 7) is 6.59. The standard InChI is InChI=1S/C22H22N2O2/c1-5-26-21(25)14-9-10-18-16(11-14)17(12-22(18,2)3)15-7-6-8-19-20(15)23-13-24(19)4/h6-13H,5H2,1-4H3. The molecule has 4 nitrogen and oxygen atoms in total. The second-order valence-corrected chi connectivity index (χ2v) is 7.29. The lowest BCUT2D eigenvalue weighted by Crippen LogP contribution is -2.11. The molecule has 4 heteroatoms. The fourth-order valence-electron chi connectivity index (χ4n) is 3.79. The molecule has 0 amide bonds. The molecule has 0 spiro atoms. The van der Waals surface area contributed by atoms with Gasteiger partial charge in [-0.1, -0.05) is 38.1 Å². The zero-order valence-electron chi connectivity index (χ0n) is 15.5. The third kappa shape index (κ3) is 2.45. The number of aryl methyl sites for hydroxylation is 1. The van der Waals surface area contributed by atoms with E-state index in [2.05, 4.69) is 43.1 Å². The first-order chi connectivity index (χ1) is 12.4.